The van der Waals surface area contributed by atoms with Gasteiger partial charge < -0.3 is 0 Å². The zero-order chi connectivity index (χ0) is 23.0. The van der Waals surface area contributed by atoms with E-state index in [1.165, 1.54) is 11.8 Å². The SMILES string of the molecule is CC(=O)C1=NN(c2cccc(Cl)c2)[C@]2(CCC(c3ccc(Br)cc3)=NN2c2ccccc2)S1. The van der Waals surface area contributed by atoms with Gasteiger partial charge in [-0.2, -0.15) is 10.2 Å². The molecule has 0 unspecified atom stereocenters. The molecule has 0 radical (unpaired) electrons. The Balaban J connectivity index is 1.67. The molecule has 0 N–H and O–H groups in total. The van der Waals surface area contributed by atoms with Crippen molar-refractivity contribution in [3.8, 4) is 0 Å². The molecule has 1 spiro atoms. The largest absolute Gasteiger partial charge is 0.292 e. The molecular weight excluding hydrogens is 520 g/mol. The quantitative estimate of drug-likeness (QED) is 0.361. The molecular formula is C25H20BrClN4OS. The van der Waals surface area contributed by atoms with E-state index in [1.54, 1.807) is 6.92 Å². The molecule has 5 rings (SSSR count). The molecule has 0 aliphatic carbocycles. The van der Waals surface area contributed by atoms with Crippen LogP contribution in [0.5, 0.6) is 0 Å². The molecule has 8 heteroatoms. The van der Waals surface area contributed by atoms with E-state index in [1.807, 2.05) is 76.7 Å². The average molecular weight is 540 g/mol. The summed E-state index contributed by atoms with van der Waals surface area (Å²) in [5, 5.41) is 14.8. The predicted molar refractivity (Wildman–Crippen MR) is 141 cm³/mol. The molecule has 166 valence electrons. The van der Waals surface area contributed by atoms with E-state index in [0.717, 1.165) is 33.5 Å². The fourth-order valence-electron chi connectivity index (χ4n) is 4.00. The molecule has 0 fully saturated rings. The summed E-state index contributed by atoms with van der Waals surface area (Å²) in [6.45, 7) is 1.55. The molecule has 2 aliphatic rings. The normalized spacial score (nSPS) is 20.1. The highest BCUT2D eigenvalue weighted by atomic mass is 79.9. The number of halogens is 2. The van der Waals surface area contributed by atoms with Crippen molar-refractivity contribution in [2.45, 2.75) is 24.8 Å². The van der Waals surface area contributed by atoms with Crippen LogP contribution in [0.15, 0.2) is 93.5 Å². The first-order chi connectivity index (χ1) is 16.0. The summed E-state index contributed by atoms with van der Waals surface area (Å²) in [4.78, 5) is 11.7. The minimum Gasteiger partial charge on any atom is -0.292 e. The van der Waals surface area contributed by atoms with Crippen LogP contribution in [0.1, 0.15) is 25.3 Å². The number of hydrogen-bond donors (Lipinski definition) is 0. The number of ketones is 1. The van der Waals surface area contributed by atoms with Crippen LogP contribution in [0.25, 0.3) is 0 Å². The number of nitrogens with zero attached hydrogens (tertiary/aromatic N) is 4. The lowest BCUT2D eigenvalue weighted by Gasteiger charge is -2.46. The number of benzene rings is 3. The van der Waals surface area contributed by atoms with Crippen molar-refractivity contribution in [1.82, 2.24) is 0 Å². The number of rotatable bonds is 4. The van der Waals surface area contributed by atoms with E-state index in [2.05, 4.69) is 28.1 Å². The van der Waals surface area contributed by atoms with Gasteiger partial charge in [0.15, 0.2) is 10.8 Å². The first-order valence-corrected chi connectivity index (χ1v) is 12.5. The van der Waals surface area contributed by atoms with Gasteiger partial charge in [-0.3, -0.25) is 4.79 Å². The maximum absolute atomic E-state index is 12.4. The Bertz CT molecular complexity index is 1260. The summed E-state index contributed by atoms with van der Waals surface area (Å²) >= 11 is 11.3. The second-order valence-electron chi connectivity index (χ2n) is 7.80. The molecule has 0 amide bonds. The van der Waals surface area contributed by atoms with Crippen LogP contribution in [-0.2, 0) is 4.79 Å². The predicted octanol–water partition coefficient (Wildman–Crippen LogP) is 6.92. The lowest BCUT2D eigenvalue weighted by molar-refractivity contribution is -0.110. The zero-order valence-corrected chi connectivity index (χ0v) is 20.9. The average Bonchev–Trinajstić information content (AvgIpc) is 3.21. The standard InChI is InChI=1S/C25H20BrClN4OS/c1-17(32)24-29-31(22-9-5-6-20(27)16-22)25(33-24)15-14-23(18-10-12-19(26)13-11-18)28-30(25)21-7-3-2-4-8-21/h2-13,16H,14-15H2,1H3/t25-/m1/s1. The second kappa shape index (κ2) is 8.97. The Morgan fingerprint density at radius 3 is 2.36 bits per heavy atom. The molecule has 3 aromatic rings. The molecule has 0 bridgehead atoms. The summed E-state index contributed by atoms with van der Waals surface area (Å²) in [6, 6.07) is 25.7. The molecule has 1 atom stereocenters. The number of Topliss-reactive ketones (excluding diaryl/α,β-unsaturated/α-hetero) is 1. The Morgan fingerprint density at radius 1 is 0.970 bits per heavy atom. The lowest BCUT2D eigenvalue weighted by Crippen LogP contribution is -2.56. The van der Waals surface area contributed by atoms with Crippen LogP contribution in [0.4, 0.5) is 11.4 Å². The summed E-state index contributed by atoms with van der Waals surface area (Å²) in [6.07, 6.45) is 1.43. The highest BCUT2D eigenvalue weighted by molar-refractivity contribution is 9.10. The van der Waals surface area contributed by atoms with E-state index in [4.69, 9.17) is 21.8 Å². The van der Waals surface area contributed by atoms with Crippen LogP contribution in [0.3, 0.4) is 0 Å². The monoisotopic (exact) mass is 538 g/mol. The van der Waals surface area contributed by atoms with Gasteiger partial charge in [-0.1, -0.05) is 63.9 Å². The fraction of sp³-hybridized carbons (Fsp3) is 0.160. The Morgan fingerprint density at radius 2 is 1.67 bits per heavy atom. The van der Waals surface area contributed by atoms with Crippen molar-refractivity contribution in [1.29, 1.82) is 0 Å². The summed E-state index contributed by atoms with van der Waals surface area (Å²) < 4.78 is 1.03. The molecule has 3 aromatic carbocycles. The van der Waals surface area contributed by atoms with E-state index in [0.29, 0.717) is 16.5 Å². The molecule has 0 saturated carbocycles. The van der Waals surface area contributed by atoms with Crippen molar-refractivity contribution >= 4 is 67.2 Å². The van der Waals surface area contributed by atoms with Gasteiger partial charge in [-0.15, -0.1) is 0 Å². The van der Waals surface area contributed by atoms with Gasteiger partial charge in [0.25, 0.3) is 0 Å². The van der Waals surface area contributed by atoms with Crippen molar-refractivity contribution in [3.63, 3.8) is 0 Å². The highest BCUT2D eigenvalue weighted by Crippen LogP contribution is 2.50. The van der Waals surface area contributed by atoms with Gasteiger partial charge in [0, 0.05) is 22.8 Å². The first kappa shape index (κ1) is 22.2. The highest BCUT2D eigenvalue weighted by Gasteiger charge is 2.52. The zero-order valence-electron chi connectivity index (χ0n) is 17.8. The number of para-hydroxylation sites is 1. The number of carbonyl (C=O) groups is 1. The minimum atomic E-state index is -0.730. The van der Waals surface area contributed by atoms with E-state index < -0.39 is 4.99 Å². The van der Waals surface area contributed by atoms with Gasteiger partial charge in [0.1, 0.15) is 0 Å². The molecule has 0 aromatic heterocycles. The molecule has 2 heterocycles. The first-order valence-electron chi connectivity index (χ1n) is 10.5. The minimum absolute atomic E-state index is 0.0698. The van der Waals surface area contributed by atoms with Gasteiger partial charge in [0.2, 0.25) is 4.99 Å². The summed E-state index contributed by atoms with van der Waals surface area (Å²) in [7, 11) is 0. The van der Waals surface area contributed by atoms with E-state index in [-0.39, 0.29) is 5.78 Å². The summed E-state index contributed by atoms with van der Waals surface area (Å²) in [5.41, 5.74) is 3.79. The Kier molecular flexibility index (Phi) is 6.03. The van der Waals surface area contributed by atoms with Crippen LogP contribution >= 0.6 is 39.3 Å². The molecule has 33 heavy (non-hydrogen) atoms. The number of hydrazone groups is 2. The Hall–Kier alpha value is -2.61. The van der Waals surface area contributed by atoms with Crippen molar-refractivity contribution in [3.05, 3.63) is 93.9 Å². The van der Waals surface area contributed by atoms with Gasteiger partial charge in [-0.05, 0) is 66.2 Å². The van der Waals surface area contributed by atoms with Crippen LogP contribution in [0, 0.1) is 0 Å². The number of anilines is 2. The van der Waals surface area contributed by atoms with Crippen LogP contribution in [-0.4, -0.2) is 21.5 Å². The maximum Gasteiger partial charge on any atom is 0.208 e. The molecule has 0 saturated heterocycles. The van der Waals surface area contributed by atoms with Crippen molar-refractivity contribution < 1.29 is 4.79 Å². The van der Waals surface area contributed by atoms with E-state index >= 15 is 0 Å². The van der Waals surface area contributed by atoms with Crippen molar-refractivity contribution in [2.75, 3.05) is 10.0 Å². The summed E-state index contributed by atoms with van der Waals surface area (Å²) in [5.74, 6) is -0.0698. The van der Waals surface area contributed by atoms with Gasteiger partial charge >= 0.3 is 0 Å². The number of carbonyl (C=O) groups excluding carboxylic acids is 1. The number of thioether (sulfide) groups is 1. The van der Waals surface area contributed by atoms with E-state index in [9.17, 15) is 4.79 Å². The lowest BCUT2D eigenvalue weighted by atomic mass is 10.0. The van der Waals surface area contributed by atoms with Gasteiger partial charge in [0.05, 0.1) is 17.1 Å². The topological polar surface area (TPSA) is 48.3 Å². The fourth-order valence-corrected chi connectivity index (χ4v) is 5.69. The third-order valence-electron chi connectivity index (χ3n) is 5.55. The maximum atomic E-state index is 12.4. The van der Waals surface area contributed by atoms with Crippen LogP contribution in [0.2, 0.25) is 5.02 Å². The van der Waals surface area contributed by atoms with Gasteiger partial charge in [-0.25, -0.2) is 10.0 Å². The Labute approximate surface area is 210 Å². The third-order valence-corrected chi connectivity index (χ3v) is 7.76. The smallest absolute Gasteiger partial charge is 0.208 e. The number of hydrogen-bond acceptors (Lipinski definition) is 6. The van der Waals surface area contributed by atoms with Crippen LogP contribution < -0.4 is 10.0 Å². The third kappa shape index (κ3) is 4.21. The second-order valence-corrected chi connectivity index (χ2v) is 10.4. The molecule has 5 nitrogen and oxygen atoms in total. The molecule has 2 aliphatic heterocycles. The van der Waals surface area contributed by atoms with Crippen molar-refractivity contribution in [2.24, 2.45) is 10.2 Å².